The van der Waals surface area contributed by atoms with Crippen LogP contribution in [0, 0.1) is 52.8 Å². The normalized spacial score (nSPS) is 59.9. The van der Waals surface area contributed by atoms with E-state index in [1.807, 2.05) is 0 Å². The second-order valence-electron chi connectivity index (χ2n) is 8.29. The fourth-order valence-electron chi connectivity index (χ4n) is 7.30. The van der Waals surface area contributed by atoms with Crippen LogP contribution in [0.2, 0.25) is 0 Å². The Kier molecular flexibility index (Phi) is 2.21. The highest BCUT2D eigenvalue weighted by molar-refractivity contribution is 5.28. The number of allylic oxidation sites excluding steroid dienone is 2. The van der Waals surface area contributed by atoms with Gasteiger partial charge in [-0.3, -0.25) is 0 Å². The third kappa shape index (κ3) is 1.06. The molecule has 4 aliphatic rings. The van der Waals surface area contributed by atoms with Crippen molar-refractivity contribution in [1.29, 1.82) is 0 Å². The first-order valence-electron chi connectivity index (χ1n) is 8.25. The second kappa shape index (κ2) is 3.44. The Labute approximate surface area is 112 Å². The second-order valence-corrected chi connectivity index (χ2v) is 8.29. The van der Waals surface area contributed by atoms with Gasteiger partial charge in [-0.25, -0.2) is 0 Å². The average molecular weight is 244 g/mol. The first kappa shape index (κ1) is 11.6. The summed E-state index contributed by atoms with van der Waals surface area (Å²) < 4.78 is 0. The Morgan fingerprint density at radius 1 is 1.11 bits per heavy atom. The highest BCUT2D eigenvalue weighted by Crippen LogP contribution is 2.77. The van der Waals surface area contributed by atoms with Gasteiger partial charge >= 0.3 is 0 Å². The number of hydrogen-bond donors (Lipinski definition) is 0. The summed E-state index contributed by atoms with van der Waals surface area (Å²) in [6, 6.07) is 0. The van der Waals surface area contributed by atoms with Gasteiger partial charge in [-0.05, 0) is 72.0 Å². The molecule has 0 nitrogen and oxygen atoms in total. The molecule has 4 rings (SSSR count). The van der Waals surface area contributed by atoms with Crippen molar-refractivity contribution in [1.82, 2.24) is 0 Å². The lowest BCUT2D eigenvalue weighted by molar-refractivity contribution is 0.0356. The molecule has 4 aliphatic carbocycles. The van der Waals surface area contributed by atoms with Crippen LogP contribution in [-0.2, 0) is 0 Å². The summed E-state index contributed by atoms with van der Waals surface area (Å²) in [6.07, 6.45) is 9.81. The molecule has 0 radical (unpaired) electrons. The molecule has 3 fully saturated rings. The van der Waals surface area contributed by atoms with Crippen LogP contribution in [0.5, 0.6) is 0 Å². The van der Waals surface area contributed by atoms with Crippen LogP contribution in [0.15, 0.2) is 12.2 Å². The lowest BCUT2D eigenvalue weighted by Gasteiger charge is -2.47. The molecule has 0 saturated heterocycles. The van der Waals surface area contributed by atoms with Gasteiger partial charge in [-0.2, -0.15) is 0 Å². The monoisotopic (exact) mass is 244 g/mol. The SMILES string of the molecule is CC(C)CC12C3C=CC(C3C)C1C1CCC2C1C. The highest BCUT2D eigenvalue weighted by atomic mass is 14.8. The van der Waals surface area contributed by atoms with Crippen molar-refractivity contribution in [2.24, 2.45) is 52.8 Å². The maximum atomic E-state index is 2.63. The van der Waals surface area contributed by atoms with Gasteiger partial charge in [0.05, 0.1) is 0 Å². The number of hydrogen-bond acceptors (Lipinski definition) is 0. The van der Waals surface area contributed by atoms with Gasteiger partial charge in [0.15, 0.2) is 0 Å². The highest BCUT2D eigenvalue weighted by Gasteiger charge is 2.71. The fraction of sp³-hybridized carbons (Fsp3) is 0.889. The van der Waals surface area contributed by atoms with E-state index in [4.69, 9.17) is 0 Å². The van der Waals surface area contributed by atoms with Crippen LogP contribution in [0.25, 0.3) is 0 Å². The predicted molar refractivity (Wildman–Crippen MR) is 76.0 cm³/mol. The minimum absolute atomic E-state index is 0.718. The molecule has 0 amide bonds. The molecular formula is C18H28. The van der Waals surface area contributed by atoms with Crippen LogP contribution in [-0.4, -0.2) is 0 Å². The van der Waals surface area contributed by atoms with Crippen LogP contribution in [0.4, 0.5) is 0 Å². The lowest BCUT2D eigenvalue weighted by atomic mass is 9.57. The molecule has 3 saturated carbocycles. The summed E-state index contributed by atoms with van der Waals surface area (Å²) in [5.74, 6) is 7.88. The molecular weight excluding hydrogens is 216 g/mol. The van der Waals surface area contributed by atoms with Crippen molar-refractivity contribution in [2.45, 2.75) is 47.0 Å². The molecule has 18 heavy (non-hydrogen) atoms. The third-order valence-electron chi connectivity index (χ3n) is 7.40. The minimum atomic E-state index is 0.718. The molecule has 0 aromatic carbocycles. The molecule has 0 aliphatic heterocycles. The first-order chi connectivity index (χ1) is 8.57. The van der Waals surface area contributed by atoms with Gasteiger partial charge in [0.1, 0.15) is 0 Å². The Hall–Kier alpha value is -0.260. The summed E-state index contributed by atoms with van der Waals surface area (Å²) in [7, 11) is 0. The molecule has 0 spiro atoms. The number of fused-ring (bicyclic) bond motifs is 9. The zero-order chi connectivity index (χ0) is 12.7. The summed E-state index contributed by atoms with van der Waals surface area (Å²) >= 11 is 0. The van der Waals surface area contributed by atoms with Gasteiger partial charge in [-0.1, -0.05) is 39.8 Å². The summed E-state index contributed by atoms with van der Waals surface area (Å²) in [5.41, 5.74) is 0.718. The van der Waals surface area contributed by atoms with Gasteiger partial charge in [-0.15, -0.1) is 0 Å². The molecule has 0 aromatic heterocycles. The molecule has 0 heteroatoms. The maximum Gasteiger partial charge on any atom is -0.0139 e. The van der Waals surface area contributed by atoms with E-state index in [1.54, 1.807) is 12.8 Å². The molecule has 8 atom stereocenters. The topological polar surface area (TPSA) is 0 Å². The van der Waals surface area contributed by atoms with Crippen molar-refractivity contribution >= 4 is 0 Å². The minimum Gasteiger partial charge on any atom is -0.0845 e. The van der Waals surface area contributed by atoms with Crippen molar-refractivity contribution in [3.05, 3.63) is 12.2 Å². The van der Waals surface area contributed by atoms with Crippen LogP contribution in [0.1, 0.15) is 47.0 Å². The standard InChI is InChI=1S/C18H28/c1-10(2)9-18-15-7-5-13(11(15)3)17(18)14-6-8-16(18)12(14)4/h5,7,10-17H,6,8-9H2,1-4H3. The van der Waals surface area contributed by atoms with Crippen LogP contribution < -0.4 is 0 Å². The largest absolute Gasteiger partial charge is 0.0845 e. The zero-order valence-electron chi connectivity index (χ0n) is 12.4. The van der Waals surface area contributed by atoms with Crippen molar-refractivity contribution < 1.29 is 0 Å². The van der Waals surface area contributed by atoms with Crippen molar-refractivity contribution in [3.8, 4) is 0 Å². The Morgan fingerprint density at radius 3 is 2.61 bits per heavy atom. The van der Waals surface area contributed by atoms with Gasteiger partial charge in [0.2, 0.25) is 0 Å². The van der Waals surface area contributed by atoms with E-state index in [-0.39, 0.29) is 0 Å². The summed E-state index contributed by atoms with van der Waals surface area (Å²) in [5, 5.41) is 0. The van der Waals surface area contributed by atoms with Crippen LogP contribution in [0.3, 0.4) is 0 Å². The number of rotatable bonds is 2. The van der Waals surface area contributed by atoms with Crippen molar-refractivity contribution in [2.75, 3.05) is 0 Å². The molecule has 4 bridgehead atoms. The fourth-order valence-corrected chi connectivity index (χ4v) is 7.30. The van der Waals surface area contributed by atoms with E-state index >= 15 is 0 Å². The molecule has 0 heterocycles. The van der Waals surface area contributed by atoms with E-state index in [0.29, 0.717) is 0 Å². The first-order valence-corrected chi connectivity index (χ1v) is 8.25. The zero-order valence-corrected chi connectivity index (χ0v) is 12.4. The van der Waals surface area contributed by atoms with Gasteiger partial charge in [0.25, 0.3) is 0 Å². The molecule has 0 N–H and O–H groups in total. The maximum absolute atomic E-state index is 2.63. The lowest BCUT2D eigenvalue weighted by Crippen LogP contribution is -2.41. The quantitative estimate of drug-likeness (QED) is 0.485. The van der Waals surface area contributed by atoms with E-state index in [0.717, 1.165) is 52.8 Å². The van der Waals surface area contributed by atoms with Gasteiger partial charge < -0.3 is 0 Å². The molecule has 8 unspecified atom stereocenters. The summed E-state index contributed by atoms with van der Waals surface area (Å²) in [4.78, 5) is 0. The van der Waals surface area contributed by atoms with Crippen molar-refractivity contribution in [3.63, 3.8) is 0 Å². The van der Waals surface area contributed by atoms with E-state index in [2.05, 4.69) is 39.8 Å². The van der Waals surface area contributed by atoms with E-state index in [9.17, 15) is 0 Å². The summed E-state index contributed by atoms with van der Waals surface area (Å²) in [6.45, 7) is 10.0. The average Bonchev–Trinajstić information content (AvgIpc) is 2.97. The third-order valence-corrected chi connectivity index (χ3v) is 7.40. The predicted octanol–water partition coefficient (Wildman–Crippen LogP) is 4.76. The molecule has 100 valence electrons. The van der Waals surface area contributed by atoms with E-state index in [1.165, 1.54) is 6.42 Å². The van der Waals surface area contributed by atoms with Crippen LogP contribution >= 0.6 is 0 Å². The molecule has 0 aromatic rings. The van der Waals surface area contributed by atoms with E-state index < -0.39 is 0 Å². The Morgan fingerprint density at radius 2 is 1.89 bits per heavy atom. The Balaban J connectivity index is 1.82. The van der Waals surface area contributed by atoms with Gasteiger partial charge in [0, 0.05) is 0 Å². The smallest absolute Gasteiger partial charge is 0.0139 e. The Bertz CT molecular complexity index is 393.